The summed E-state index contributed by atoms with van der Waals surface area (Å²) >= 11 is 12.1. The number of hydrogen-bond acceptors (Lipinski definition) is 4. The van der Waals surface area contributed by atoms with E-state index in [0.717, 1.165) is 4.68 Å². The molecule has 2 aromatic rings. The normalized spacial score (nSPS) is 17.3. The number of nitrogens with one attached hydrogen (secondary N) is 1. The molecule has 1 fully saturated rings. The second-order valence-electron chi connectivity index (χ2n) is 6.66. The second-order valence-corrected chi connectivity index (χ2v) is 7.47. The van der Waals surface area contributed by atoms with Gasteiger partial charge in [-0.1, -0.05) is 23.2 Å². The van der Waals surface area contributed by atoms with Crippen molar-refractivity contribution in [1.29, 1.82) is 0 Å². The Morgan fingerprint density at radius 2 is 1.93 bits per heavy atom. The Labute approximate surface area is 174 Å². The van der Waals surface area contributed by atoms with E-state index >= 15 is 0 Å². The maximum atomic E-state index is 12.7. The number of piperidine rings is 1. The Balaban J connectivity index is 1.78. The summed E-state index contributed by atoms with van der Waals surface area (Å²) in [7, 11) is 0. The highest BCUT2D eigenvalue weighted by Crippen LogP contribution is 2.27. The number of rotatable bonds is 4. The lowest BCUT2D eigenvalue weighted by atomic mass is 9.97. The number of hydrogen-bond donors (Lipinski definition) is 1. The van der Waals surface area contributed by atoms with Crippen molar-refractivity contribution in [3.8, 4) is 5.69 Å². The summed E-state index contributed by atoms with van der Waals surface area (Å²) in [5, 5.41) is 6.48. The Kier molecular flexibility index (Phi) is 6.38. The van der Waals surface area contributed by atoms with Gasteiger partial charge in [0.05, 0.1) is 23.5 Å². The van der Waals surface area contributed by atoms with Gasteiger partial charge >= 0.3 is 6.18 Å². The summed E-state index contributed by atoms with van der Waals surface area (Å²) < 4.78 is 38.1. The zero-order valence-electron chi connectivity index (χ0n) is 15.0. The van der Waals surface area contributed by atoms with Gasteiger partial charge in [0.25, 0.3) is 5.56 Å². The first-order valence-corrected chi connectivity index (χ1v) is 9.54. The average Bonchev–Trinajstić information content (AvgIpc) is 2.68. The molecule has 0 spiro atoms. The number of halogens is 5. The molecule has 0 aliphatic carbocycles. The Bertz CT molecular complexity index is 948. The van der Waals surface area contributed by atoms with Crippen molar-refractivity contribution >= 4 is 34.8 Å². The molecular weight excluding hydrogens is 432 g/mol. The van der Waals surface area contributed by atoms with Crippen molar-refractivity contribution in [1.82, 2.24) is 15.1 Å². The molecule has 3 rings (SSSR count). The highest BCUT2D eigenvalue weighted by atomic mass is 35.5. The number of carbonyl (C=O) groups is 1. The van der Waals surface area contributed by atoms with Gasteiger partial charge in [0.1, 0.15) is 11.6 Å². The minimum absolute atomic E-state index is 0.0775. The maximum Gasteiger partial charge on any atom is 0.405 e. The molecule has 1 aliphatic rings. The summed E-state index contributed by atoms with van der Waals surface area (Å²) in [5.41, 5.74) is 0.279. The lowest BCUT2D eigenvalue weighted by Crippen LogP contribution is -2.45. The summed E-state index contributed by atoms with van der Waals surface area (Å²) in [6.45, 7) is -0.716. The van der Waals surface area contributed by atoms with Crippen molar-refractivity contribution in [3.05, 3.63) is 50.9 Å². The van der Waals surface area contributed by atoms with Crippen LogP contribution < -0.4 is 15.8 Å². The number of aromatic nitrogens is 2. The third-order valence-corrected chi connectivity index (χ3v) is 5.17. The minimum atomic E-state index is -4.47. The molecule has 1 unspecified atom stereocenters. The van der Waals surface area contributed by atoms with Crippen LogP contribution in [-0.2, 0) is 4.79 Å². The first kappa shape index (κ1) is 21.4. The molecule has 0 bridgehead atoms. The van der Waals surface area contributed by atoms with Gasteiger partial charge in [-0.3, -0.25) is 9.59 Å². The van der Waals surface area contributed by atoms with Gasteiger partial charge in [-0.25, -0.2) is 0 Å². The quantitative estimate of drug-likeness (QED) is 0.777. The number of benzene rings is 1. The fraction of sp³-hybridized carbons (Fsp3) is 0.389. The van der Waals surface area contributed by atoms with E-state index in [4.69, 9.17) is 23.2 Å². The van der Waals surface area contributed by atoms with Crippen molar-refractivity contribution < 1.29 is 18.0 Å². The van der Waals surface area contributed by atoms with E-state index in [1.165, 1.54) is 6.20 Å². The van der Waals surface area contributed by atoms with Crippen LogP contribution >= 0.6 is 23.2 Å². The van der Waals surface area contributed by atoms with Crippen molar-refractivity contribution in [3.63, 3.8) is 0 Å². The molecule has 11 heteroatoms. The first-order valence-electron chi connectivity index (χ1n) is 8.79. The highest BCUT2D eigenvalue weighted by Gasteiger charge is 2.32. The number of amides is 1. The summed E-state index contributed by atoms with van der Waals surface area (Å²) in [6, 6.07) is 6.46. The zero-order valence-corrected chi connectivity index (χ0v) is 16.6. The van der Waals surface area contributed by atoms with Gasteiger partial charge in [-0.15, -0.1) is 0 Å². The molecule has 2 heterocycles. The zero-order chi connectivity index (χ0) is 21.2. The summed E-state index contributed by atoms with van der Waals surface area (Å²) in [5.74, 6) is -1.31. The van der Waals surface area contributed by atoms with Gasteiger partial charge in [-0.05, 0) is 37.1 Å². The molecule has 29 heavy (non-hydrogen) atoms. The van der Waals surface area contributed by atoms with Gasteiger partial charge in [0.15, 0.2) is 0 Å². The second kappa shape index (κ2) is 8.62. The smallest absolute Gasteiger partial charge is 0.368 e. The Hall–Kier alpha value is -2.26. The van der Waals surface area contributed by atoms with E-state index in [1.807, 2.05) is 5.32 Å². The van der Waals surface area contributed by atoms with Gasteiger partial charge in [0.2, 0.25) is 5.91 Å². The molecule has 1 aromatic carbocycles. The van der Waals surface area contributed by atoms with Crippen LogP contribution in [0.2, 0.25) is 10.0 Å². The fourth-order valence-corrected chi connectivity index (χ4v) is 3.53. The van der Waals surface area contributed by atoms with Gasteiger partial charge in [-0.2, -0.15) is 23.0 Å². The van der Waals surface area contributed by atoms with Gasteiger partial charge in [0, 0.05) is 18.1 Å². The number of anilines is 1. The standard InChI is InChI=1S/C18H17Cl2F3N4O2/c19-12-3-5-13(6-4-12)27-17(29)15(20)14(8-25-27)26-7-1-2-11(9-26)16(28)24-10-18(21,22)23/h3-6,8,11H,1-2,7,9-10H2,(H,24,28). The van der Waals surface area contributed by atoms with Crippen LogP contribution in [0.15, 0.2) is 35.3 Å². The van der Waals surface area contributed by atoms with Crippen LogP contribution in [0, 0.1) is 5.92 Å². The van der Waals surface area contributed by atoms with E-state index in [2.05, 4.69) is 5.10 Å². The monoisotopic (exact) mass is 448 g/mol. The third-order valence-electron chi connectivity index (χ3n) is 4.57. The lowest BCUT2D eigenvalue weighted by molar-refractivity contribution is -0.140. The maximum absolute atomic E-state index is 12.7. The molecule has 156 valence electrons. The molecule has 6 nitrogen and oxygen atoms in total. The SMILES string of the molecule is O=C(NCC(F)(F)F)C1CCCN(c2cnn(-c3ccc(Cl)cc3)c(=O)c2Cl)C1. The van der Waals surface area contributed by atoms with Crippen LogP contribution in [0.25, 0.3) is 5.69 Å². The van der Waals surface area contributed by atoms with Crippen molar-refractivity contribution in [2.45, 2.75) is 19.0 Å². The summed E-state index contributed by atoms with van der Waals surface area (Å²) in [6.07, 6.45) is -2.04. The lowest BCUT2D eigenvalue weighted by Gasteiger charge is -2.34. The van der Waals surface area contributed by atoms with Crippen LogP contribution in [0.3, 0.4) is 0 Å². The number of alkyl halides is 3. The van der Waals surface area contributed by atoms with E-state index in [-0.39, 0.29) is 11.6 Å². The van der Waals surface area contributed by atoms with Crippen LogP contribution in [0.4, 0.5) is 18.9 Å². The Morgan fingerprint density at radius 3 is 2.59 bits per heavy atom. The number of nitrogens with zero attached hydrogens (tertiary/aromatic N) is 3. The van der Waals surface area contributed by atoms with Crippen molar-refractivity contribution in [2.24, 2.45) is 5.92 Å². The molecule has 1 aliphatic heterocycles. The van der Waals surface area contributed by atoms with E-state index < -0.39 is 30.1 Å². The third kappa shape index (κ3) is 5.22. The molecule has 1 N–H and O–H groups in total. The average molecular weight is 449 g/mol. The number of carbonyl (C=O) groups excluding carboxylic acids is 1. The molecule has 0 saturated carbocycles. The van der Waals surface area contributed by atoms with Crippen LogP contribution in [0.5, 0.6) is 0 Å². The van der Waals surface area contributed by atoms with E-state index in [1.54, 1.807) is 29.2 Å². The van der Waals surface area contributed by atoms with Crippen molar-refractivity contribution in [2.75, 3.05) is 24.5 Å². The van der Waals surface area contributed by atoms with Crippen LogP contribution in [-0.4, -0.2) is 41.5 Å². The largest absolute Gasteiger partial charge is 0.405 e. The van der Waals surface area contributed by atoms with E-state index in [0.29, 0.717) is 35.8 Å². The van der Waals surface area contributed by atoms with Crippen LogP contribution in [0.1, 0.15) is 12.8 Å². The molecule has 1 saturated heterocycles. The van der Waals surface area contributed by atoms with E-state index in [9.17, 15) is 22.8 Å². The molecule has 0 radical (unpaired) electrons. The molecule has 1 atom stereocenters. The molecule has 1 aromatic heterocycles. The molecule has 1 amide bonds. The fourth-order valence-electron chi connectivity index (χ4n) is 3.15. The minimum Gasteiger partial charge on any atom is -0.368 e. The molecular formula is C18H17Cl2F3N4O2. The topological polar surface area (TPSA) is 67.2 Å². The predicted octanol–water partition coefficient (Wildman–Crippen LogP) is 3.43. The predicted molar refractivity (Wildman–Crippen MR) is 104 cm³/mol. The first-order chi connectivity index (χ1) is 13.7. The highest BCUT2D eigenvalue weighted by molar-refractivity contribution is 6.33. The summed E-state index contributed by atoms with van der Waals surface area (Å²) in [4.78, 5) is 26.4. The van der Waals surface area contributed by atoms with Gasteiger partial charge < -0.3 is 10.2 Å². The Morgan fingerprint density at radius 1 is 1.24 bits per heavy atom.